The van der Waals surface area contributed by atoms with Crippen molar-refractivity contribution in [2.24, 2.45) is 0 Å². The third-order valence-corrected chi connectivity index (χ3v) is 6.49. The Labute approximate surface area is 175 Å². The molecule has 2 heterocycles. The summed E-state index contributed by atoms with van der Waals surface area (Å²) >= 11 is 5.14. The lowest BCUT2D eigenvalue weighted by Gasteiger charge is -2.23. The van der Waals surface area contributed by atoms with E-state index in [2.05, 4.69) is 34.2 Å². The van der Waals surface area contributed by atoms with Crippen LogP contribution in [-0.2, 0) is 4.79 Å². The van der Waals surface area contributed by atoms with Gasteiger partial charge in [0.05, 0.1) is 28.5 Å². The van der Waals surface area contributed by atoms with Crippen LogP contribution in [0.4, 0.5) is 5.69 Å². The van der Waals surface area contributed by atoms with Gasteiger partial charge in [-0.05, 0) is 42.0 Å². The van der Waals surface area contributed by atoms with E-state index < -0.39 is 0 Å². The van der Waals surface area contributed by atoms with Crippen LogP contribution in [0.3, 0.4) is 0 Å². The fraction of sp³-hybridized carbons (Fsp3) is 0.300. The number of fused-ring (bicyclic) bond motifs is 2. The molecule has 3 aromatic rings. The monoisotopic (exact) mass is 461 g/mol. The Hall–Kier alpha value is -2.16. The second-order valence-corrected chi connectivity index (χ2v) is 8.55. The Morgan fingerprint density at radius 3 is 2.75 bits per heavy atom. The summed E-state index contributed by atoms with van der Waals surface area (Å²) in [5.41, 5.74) is 1.66. The Morgan fingerprint density at radius 2 is 2.00 bits per heavy atom. The molecule has 1 N–H and O–H groups in total. The number of thiazole rings is 1. The number of likely N-dealkylation sites (N-methyl/N-ethyl adjacent to an activating group) is 1. The van der Waals surface area contributed by atoms with Gasteiger partial charge in [-0.25, -0.2) is 4.98 Å². The van der Waals surface area contributed by atoms with Gasteiger partial charge in [0.25, 0.3) is 0 Å². The predicted molar refractivity (Wildman–Crippen MR) is 114 cm³/mol. The summed E-state index contributed by atoms with van der Waals surface area (Å²) in [6, 6.07) is 11.7. The highest BCUT2D eigenvalue weighted by Gasteiger charge is 2.20. The summed E-state index contributed by atoms with van der Waals surface area (Å²) in [7, 11) is 1.93. The third kappa shape index (κ3) is 3.99. The van der Waals surface area contributed by atoms with Crippen LogP contribution in [-0.4, -0.2) is 42.6 Å². The van der Waals surface area contributed by atoms with Gasteiger partial charge in [0.15, 0.2) is 11.5 Å². The first-order valence-corrected chi connectivity index (χ1v) is 10.6. The lowest BCUT2D eigenvalue weighted by molar-refractivity contribution is -0.117. The molecule has 0 fully saturated rings. The first kappa shape index (κ1) is 19.2. The largest absolute Gasteiger partial charge is 0.486 e. The SMILES string of the molecule is CC(c1nc2ccccc2s1)N(C)CC(=O)Nc1cc2c(cc1Br)OCCO2. The number of carbonyl (C=O) groups excluding carboxylic acids is 1. The van der Waals surface area contributed by atoms with Crippen LogP contribution in [0.1, 0.15) is 18.0 Å². The lowest BCUT2D eigenvalue weighted by atomic mass is 10.2. The molecule has 0 radical (unpaired) electrons. The average molecular weight is 462 g/mol. The molecule has 1 atom stereocenters. The molecule has 1 aliphatic rings. The highest BCUT2D eigenvalue weighted by molar-refractivity contribution is 9.10. The van der Waals surface area contributed by atoms with Gasteiger partial charge in [0.2, 0.25) is 5.91 Å². The van der Waals surface area contributed by atoms with Crippen molar-refractivity contribution in [2.45, 2.75) is 13.0 Å². The molecular weight excluding hydrogens is 442 g/mol. The molecule has 28 heavy (non-hydrogen) atoms. The summed E-state index contributed by atoms with van der Waals surface area (Å²) in [6.07, 6.45) is 0. The van der Waals surface area contributed by atoms with Crippen LogP contribution in [0.5, 0.6) is 11.5 Å². The van der Waals surface area contributed by atoms with Gasteiger partial charge in [-0.2, -0.15) is 0 Å². The molecule has 0 saturated heterocycles. The number of nitrogens with zero attached hydrogens (tertiary/aromatic N) is 2. The number of amides is 1. The van der Waals surface area contributed by atoms with Crippen molar-refractivity contribution in [3.63, 3.8) is 0 Å². The molecule has 1 aliphatic heterocycles. The number of anilines is 1. The van der Waals surface area contributed by atoms with Crippen molar-refractivity contribution in [1.82, 2.24) is 9.88 Å². The Morgan fingerprint density at radius 1 is 1.29 bits per heavy atom. The second kappa shape index (κ2) is 8.06. The fourth-order valence-electron chi connectivity index (χ4n) is 2.97. The van der Waals surface area contributed by atoms with E-state index in [1.807, 2.05) is 36.2 Å². The summed E-state index contributed by atoms with van der Waals surface area (Å²) in [4.78, 5) is 19.3. The van der Waals surface area contributed by atoms with Crippen LogP contribution >= 0.6 is 27.3 Å². The topological polar surface area (TPSA) is 63.7 Å². The molecule has 0 spiro atoms. The molecule has 1 amide bonds. The standard InChI is InChI=1S/C20H20BrN3O3S/c1-12(20-23-14-5-3-4-6-18(14)28-20)24(2)11-19(25)22-15-10-17-16(9-13(15)21)26-7-8-27-17/h3-6,9-10,12H,7-8,11H2,1-2H3,(H,22,25). The normalized spacial score (nSPS) is 14.3. The number of benzene rings is 2. The number of rotatable bonds is 5. The van der Waals surface area contributed by atoms with Crippen LogP contribution < -0.4 is 14.8 Å². The maximum atomic E-state index is 12.6. The van der Waals surface area contributed by atoms with Crippen molar-refractivity contribution < 1.29 is 14.3 Å². The minimum atomic E-state index is -0.104. The minimum absolute atomic E-state index is 0.0341. The number of halogens is 1. The van der Waals surface area contributed by atoms with Crippen molar-refractivity contribution >= 4 is 49.1 Å². The molecule has 2 aromatic carbocycles. The van der Waals surface area contributed by atoms with E-state index >= 15 is 0 Å². The molecular formula is C20H20BrN3O3S. The number of hydrogen-bond donors (Lipinski definition) is 1. The molecule has 8 heteroatoms. The van der Waals surface area contributed by atoms with Crippen molar-refractivity contribution in [1.29, 1.82) is 0 Å². The van der Waals surface area contributed by atoms with Gasteiger partial charge in [-0.15, -0.1) is 11.3 Å². The number of nitrogens with one attached hydrogen (secondary N) is 1. The molecule has 0 aliphatic carbocycles. The van der Waals surface area contributed by atoms with E-state index in [1.54, 1.807) is 17.4 Å². The first-order valence-electron chi connectivity index (χ1n) is 8.96. The Balaban J connectivity index is 1.43. The number of carbonyl (C=O) groups is 1. The minimum Gasteiger partial charge on any atom is -0.486 e. The number of aromatic nitrogens is 1. The zero-order valence-electron chi connectivity index (χ0n) is 15.6. The van der Waals surface area contributed by atoms with Crippen molar-refractivity contribution in [3.05, 3.63) is 45.9 Å². The van der Waals surface area contributed by atoms with Crippen LogP contribution in [0, 0.1) is 0 Å². The van der Waals surface area contributed by atoms with E-state index in [1.165, 1.54) is 0 Å². The number of para-hydroxylation sites is 1. The van der Waals surface area contributed by atoms with E-state index in [0.717, 1.165) is 19.7 Å². The van der Waals surface area contributed by atoms with Crippen LogP contribution in [0.2, 0.25) is 0 Å². The molecule has 1 unspecified atom stereocenters. The maximum Gasteiger partial charge on any atom is 0.238 e. The van der Waals surface area contributed by atoms with E-state index in [9.17, 15) is 4.79 Å². The Kier molecular flexibility index (Phi) is 5.52. The smallest absolute Gasteiger partial charge is 0.238 e. The summed E-state index contributed by atoms with van der Waals surface area (Å²) < 4.78 is 13.1. The highest BCUT2D eigenvalue weighted by atomic mass is 79.9. The zero-order chi connectivity index (χ0) is 19.7. The summed E-state index contributed by atoms with van der Waals surface area (Å²) in [6.45, 7) is 3.34. The third-order valence-electron chi connectivity index (χ3n) is 4.63. The molecule has 1 aromatic heterocycles. The Bertz CT molecular complexity index is 990. The number of ether oxygens (including phenoxy) is 2. The van der Waals surface area contributed by atoms with Crippen molar-refractivity contribution in [3.8, 4) is 11.5 Å². The summed E-state index contributed by atoms with van der Waals surface area (Å²) in [5.74, 6) is 1.21. The average Bonchev–Trinajstić information content (AvgIpc) is 3.12. The second-order valence-electron chi connectivity index (χ2n) is 6.63. The fourth-order valence-corrected chi connectivity index (χ4v) is 4.48. The highest BCUT2D eigenvalue weighted by Crippen LogP contribution is 2.38. The lowest BCUT2D eigenvalue weighted by Crippen LogP contribution is -2.32. The van der Waals surface area contributed by atoms with Crippen LogP contribution in [0.25, 0.3) is 10.2 Å². The quantitative estimate of drug-likeness (QED) is 0.607. The van der Waals surface area contributed by atoms with Gasteiger partial charge < -0.3 is 14.8 Å². The van der Waals surface area contributed by atoms with E-state index in [4.69, 9.17) is 14.5 Å². The molecule has 4 rings (SSSR count). The molecule has 6 nitrogen and oxygen atoms in total. The van der Waals surface area contributed by atoms with Crippen molar-refractivity contribution in [2.75, 3.05) is 32.1 Å². The molecule has 0 saturated carbocycles. The molecule has 0 bridgehead atoms. The maximum absolute atomic E-state index is 12.6. The van der Waals surface area contributed by atoms with Gasteiger partial charge in [0, 0.05) is 16.6 Å². The predicted octanol–water partition coefficient (Wildman–Crippen LogP) is 4.46. The van der Waals surface area contributed by atoms with Gasteiger partial charge >= 0.3 is 0 Å². The van der Waals surface area contributed by atoms with Gasteiger partial charge in [-0.3, -0.25) is 9.69 Å². The van der Waals surface area contributed by atoms with Gasteiger partial charge in [-0.1, -0.05) is 12.1 Å². The van der Waals surface area contributed by atoms with Gasteiger partial charge in [0.1, 0.15) is 18.2 Å². The zero-order valence-corrected chi connectivity index (χ0v) is 18.0. The number of hydrogen-bond acceptors (Lipinski definition) is 6. The molecule has 146 valence electrons. The summed E-state index contributed by atoms with van der Waals surface area (Å²) in [5, 5.41) is 3.94. The first-order chi connectivity index (χ1) is 13.5. The van der Waals surface area contributed by atoms with E-state index in [-0.39, 0.29) is 18.5 Å². The van der Waals surface area contributed by atoms with E-state index in [0.29, 0.717) is 30.4 Å². The van der Waals surface area contributed by atoms with Crippen LogP contribution in [0.15, 0.2) is 40.9 Å².